The van der Waals surface area contributed by atoms with E-state index in [1.54, 1.807) is 6.07 Å². The second kappa shape index (κ2) is 6.08. The van der Waals surface area contributed by atoms with Gasteiger partial charge in [-0.25, -0.2) is 0 Å². The van der Waals surface area contributed by atoms with Gasteiger partial charge in [0.05, 0.1) is 0 Å². The van der Waals surface area contributed by atoms with Gasteiger partial charge < -0.3 is 10.1 Å². The number of hydrogen-bond acceptors (Lipinski definition) is 3. The van der Waals surface area contributed by atoms with E-state index in [2.05, 4.69) is 20.3 Å². The molecule has 8 heteroatoms. The predicted molar refractivity (Wildman–Crippen MR) is 73.8 cm³/mol. The first-order valence-corrected chi connectivity index (χ1v) is 6.47. The van der Waals surface area contributed by atoms with Crippen LogP contribution < -0.4 is 10.1 Å². The molecule has 1 aromatic heterocycles. The van der Waals surface area contributed by atoms with Gasteiger partial charge in [0.15, 0.2) is 5.69 Å². The van der Waals surface area contributed by atoms with Crippen LogP contribution in [0.25, 0.3) is 0 Å². The third-order valence-electron chi connectivity index (χ3n) is 2.78. The molecule has 0 atom stereocenters. The summed E-state index contributed by atoms with van der Waals surface area (Å²) in [7, 11) is 0. The molecule has 5 nitrogen and oxygen atoms in total. The molecule has 0 unspecified atom stereocenters. The standard InChI is InChI=1S/C14H14F3N3O2/c1-8(2)11-7-12(20-19-11)13(21)18-9-4-3-5-10(6-9)22-14(15,16)17/h3-8H,1-2H3,(H,18,21)(H,19,20). The van der Waals surface area contributed by atoms with Crippen LogP contribution in [0.4, 0.5) is 18.9 Å². The van der Waals surface area contributed by atoms with Crippen molar-refractivity contribution in [3.05, 3.63) is 41.7 Å². The van der Waals surface area contributed by atoms with Gasteiger partial charge >= 0.3 is 6.36 Å². The second-order valence-electron chi connectivity index (χ2n) is 4.89. The van der Waals surface area contributed by atoms with Crippen LogP contribution in [0.15, 0.2) is 30.3 Å². The van der Waals surface area contributed by atoms with Crippen molar-refractivity contribution in [2.45, 2.75) is 26.1 Å². The van der Waals surface area contributed by atoms with E-state index < -0.39 is 18.0 Å². The van der Waals surface area contributed by atoms with E-state index in [0.29, 0.717) is 0 Å². The average Bonchev–Trinajstić information content (AvgIpc) is 2.86. The Balaban J connectivity index is 2.09. The highest BCUT2D eigenvalue weighted by Gasteiger charge is 2.31. The largest absolute Gasteiger partial charge is 0.573 e. The van der Waals surface area contributed by atoms with Gasteiger partial charge in [-0.05, 0) is 24.1 Å². The average molecular weight is 313 g/mol. The highest BCUT2D eigenvalue weighted by atomic mass is 19.4. The van der Waals surface area contributed by atoms with E-state index in [1.807, 2.05) is 13.8 Å². The number of rotatable bonds is 4. The van der Waals surface area contributed by atoms with E-state index >= 15 is 0 Å². The minimum atomic E-state index is -4.78. The summed E-state index contributed by atoms with van der Waals surface area (Å²) >= 11 is 0. The third-order valence-corrected chi connectivity index (χ3v) is 2.78. The zero-order chi connectivity index (χ0) is 16.3. The molecule has 118 valence electrons. The van der Waals surface area contributed by atoms with Crippen molar-refractivity contribution in [1.82, 2.24) is 10.2 Å². The topological polar surface area (TPSA) is 67.0 Å². The number of carbonyl (C=O) groups excluding carboxylic acids is 1. The van der Waals surface area contributed by atoms with Gasteiger partial charge in [0.25, 0.3) is 5.91 Å². The summed E-state index contributed by atoms with van der Waals surface area (Å²) in [5, 5.41) is 9.06. The molecule has 1 heterocycles. The van der Waals surface area contributed by atoms with Crippen LogP contribution in [0, 0.1) is 0 Å². The monoisotopic (exact) mass is 313 g/mol. The van der Waals surface area contributed by atoms with Crippen LogP contribution in [0.3, 0.4) is 0 Å². The zero-order valence-electron chi connectivity index (χ0n) is 11.9. The van der Waals surface area contributed by atoms with Crippen molar-refractivity contribution >= 4 is 11.6 Å². The number of amides is 1. The van der Waals surface area contributed by atoms with Crippen molar-refractivity contribution < 1.29 is 22.7 Å². The molecule has 0 aliphatic heterocycles. The molecule has 0 bridgehead atoms. The minimum Gasteiger partial charge on any atom is -0.406 e. The maximum absolute atomic E-state index is 12.2. The Bertz CT molecular complexity index is 665. The molecular weight excluding hydrogens is 299 g/mol. The quantitative estimate of drug-likeness (QED) is 0.904. The molecule has 0 fully saturated rings. The van der Waals surface area contributed by atoms with Gasteiger partial charge in [-0.2, -0.15) is 5.10 Å². The smallest absolute Gasteiger partial charge is 0.406 e. The number of carbonyl (C=O) groups is 1. The number of ether oxygens (including phenoxy) is 1. The van der Waals surface area contributed by atoms with Crippen molar-refractivity contribution in [2.75, 3.05) is 5.32 Å². The number of anilines is 1. The van der Waals surface area contributed by atoms with Crippen LogP contribution in [0.2, 0.25) is 0 Å². The van der Waals surface area contributed by atoms with Crippen LogP contribution in [-0.4, -0.2) is 22.5 Å². The fraction of sp³-hybridized carbons (Fsp3) is 0.286. The summed E-state index contributed by atoms with van der Waals surface area (Å²) in [4.78, 5) is 12.0. The first-order chi connectivity index (χ1) is 10.2. The number of nitrogens with one attached hydrogen (secondary N) is 2. The maximum atomic E-state index is 12.2. The Morgan fingerprint density at radius 3 is 2.64 bits per heavy atom. The van der Waals surface area contributed by atoms with E-state index in [9.17, 15) is 18.0 Å². The highest BCUT2D eigenvalue weighted by molar-refractivity contribution is 6.03. The number of hydrogen-bond donors (Lipinski definition) is 2. The second-order valence-corrected chi connectivity index (χ2v) is 4.89. The van der Waals surface area contributed by atoms with Crippen LogP contribution in [0.1, 0.15) is 35.9 Å². The summed E-state index contributed by atoms with van der Waals surface area (Å²) in [6, 6.07) is 6.63. The predicted octanol–water partition coefficient (Wildman–Crippen LogP) is 3.68. The molecule has 1 amide bonds. The Morgan fingerprint density at radius 1 is 1.32 bits per heavy atom. The summed E-state index contributed by atoms with van der Waals surface area (Å²) in [5.41, 5.74) is 1.13. The highest BCUT2D eigenvalue weighted by Crippen LogP contribution is 2.25. The van der Waals surface area contributed by atoms with E-state index in [0.717, 1.165) is 17.8 Å². The lowest BCUT2D eigenvalue weighted by Gasteiger charge is -2.10. The number of nitrogens with zero attached hydrogens (tertiary/aromatic N) is 1. The Hall–Kier alpha value is -2.51. The lowest BCUT2D eigenvalue weighted by molar-refractivity contribution is -0.274. The van der Waals surface area contributed by atoms with E-state index in [1.165, 1.54) is 12.1 Å². The molecule has 0 spiro atoms. The SMILES string of the molecule is CC(C)c1cc(C(=O)Nc2cccc(OC(F)(F)F)c2)n[nH]1. The van der Waals surface area contributed by atoms with Crippen molar-refractivity contribution in [2.24, 2.45) is 0 Å². The molecular formula is C14H14F3N3O2. The molecule has 22 heavy (non-hydrogen) atoms. The molecule has 0 saturated heterocycles. The Kier molecular flexibility index (Phi) is 4.39. The molecule has 0 aliphatic rings. The van der Waals surface area contributed by atoms with Crippen molar-refractivity contribution in [1.29, 1.82) is 0 Å². The Morgan fingerprint density at radius 2 is 2.05 bits per heavy atom. The number of alkyl halides is 3. The normalized spacial score (nSPS) is 11.5. The lowest BCUT2D eigenvalue weighted by atomic mass is 10.1. The van der Waals surface area contributed by atoms with E-state index in [4.69, 9.17) is 0 Å². The number of aromatic amines is 1. The summed E-state index contributed by atoms with van der Waals surface area (Å²) < 4.78 is 40.3. The lowest BCUT2D eigenvalue weighted by Crippen LogP contribution is -2.17. The summed E-state index contributed by atoms with van der Waals surface area (Å²) in [6.45, 7) is 3.88. The van der Waals surface area contributed by atoms with Crippen molar-refractivity contribution in [3.8, 4) is 5.75 Å². The van der Waals surface area contributed by atoms with E-state index in [-0.39, 0.29) is 17.3 Å². The Labute approximate surface area is 124 Å². The van der Waals surface area contributed by atoms with Gasteiger partial charge in [-0.1, -0.05) is 19.9 Å². The van der Waals surface area contributed by atoms with Crippen LogP contribution in [-0.2, 0) is 0 Å². The van der Waals surface area contributed by atoms with Crippen molar-refractivity contribution in [3.63, 3.8) is 0 Å². The van der Waals surface area contributed by atoms with Gasteiger partial charge in [0.1, 0.15) is 5.75 Å². The maximum Gasteiger partial charge on any atom is 0.573 e. The first kappa shape index (κ1) is 15.9. The molecule has 2 aromatic rings. The van der Waals surface area contributed by atoms with Crippen LogP contribution >= 0.6 is 0 Å². The minimum absolute atomic E-state index is 0.158. The summed E-state index contributed by atoms with van der Waals surface area (Å²) in [5.74, 6) is -0.750. The van der Waals surface area contributed by atoms with Gasteiger partial charge in [-0.15, -0.1) is 13.2 Å². The zero-order valence-corrected chi connectivity index (χ0v) is 11.9. The first-order valence-electron chi connectivity index (χ1n) is 6.47. The third kappa shape index (κ3) is 4.24. The number of aromatic nitrogens is 2. The van der Waals surface area contributed by atoms with Gasteiger partial charge in [0.2, 0.25) is 0 Å². The van der Waals surface area contributed by atoms with Gasteiger partial charge in [0, 0.05) is 17.4 Å². The molecule has 2 rings (SSSR count). The molecule has 2 N–H and O–H groups in total. The molecule has 0 aliphatic carbocycles. The number of H-pyrrole nitrogens is 1. The molecule has 1 aromatic carbocycles. The fourth-order valence-electron chi connectivity index (χ4n) is 1.71. The fourth-order valence-corrected chi connectivity index (χ4v) is 1.71. The number of benzene rings is 1. The summed E-state index contributed by atoms with van der Waals surface area (Å²) in [6.07, 6.45) is -4.78. The van der Waals surface area contributed by atoms with Crippen LogP contribution in [0.5, 0.6) is 5.75 Å². The molecule has 0 saturated carbocycles. The molecule has 0 radical (unpaired) electrons. The van der Waals surface area contributed by atoms with Gasteiger partial charge in [-0.3, -0.25) is 9.89 Å². The number of halogens is 3.